The molecule has 0 radical (unpaired) electrons. The Labute approximate surface area is 413 Å². The van der Waals surface area contributed by atoms with Gasteiger partial charge in [-0.25, -0.2) is 4.98 Å². The van der Waals surface area contributed by atoms with E-state index in [0.29, 0.717) is 0 Å². The van der Waals surface area contributed by atoms with E-state index in [-0.39, 0.29) is 0 Å². The molecule has 358 valence electrons. The molecule has 7 nitrogen and oxygen atoms in total. The van der Waals surface area contributed by atoms with Crippen LogP contribution < -0.4 is 0 Å². The van der Waals surface area contributed by atoms with Gasteiger partial charge in [-0.2, -0.15) is 0 Å². The summed E-state index contributed by atoms with van der Waals surface area (Å²) < 4.78 is 7.41. The Hall–Kier alpha value is -6.77. The Morgan fingerprint density at radius 2 is 0.868 bits per heavy atom. The van der Waals surface area contributed by atoms with Crippen molar-refractivity contribution in [2.45, 2.75) is 117 Å². The number of furan rings is 1. The maximum absolute atomic E-state index is 5.08. The molecule has 0 fully saturated rings. The van der Waals surface area contributed by atoms with Gasteiger partial charge >= 0.3 is 0 Å². The molecule has 0 N–H and O–H groups in total. The van der Waals surface area contributed by atoms with Gasteiger partial charge in [0.05, 0.1) is 5.01 Å². The largest absolute Gasteiger partial charge is 0.467 e. The Balaban J connectivity index is 0.000000270. The summed E-state index contributed by atoms with van der Waals surface area (Å²) >= 11 is 1.69. The molecule has 0 atom stereocenters. The second-order valence-electron chi connectivity index (χ2n) is 16.9. The van der Waals surface area contributed by atoms with Crippen molar-refractivity contribution in [3.05, 3.63) is 253 Å². The van der Waals surface area contributed by atoms with Crippen LogP contribution in [0.5, 0.6) is 0 Å². The molecular weight excluding hydrogens is 853 g/mol. The van der Waals surface area contributed by atoms with Crippen LogP contribution in [0.2, 0.25) is 0 Å². The fourth-order valence-corrected chi connectivity index (χ4v) is 6.90. The molecule has 0 bridgehead atoms. The van der Waals surface area contributed by atoms with E-state index in [1.165, 1.54) is 50.3 Å². The molecule has 0 aliphatic rings. The second kappa shape index (κ2) is 32.0. The molecule has 0 amide bonds. The van der Waals surface area contributed by atoms with E-state index < -0.39 is 0 Å². The molecule has 0 aliphatic carbocycles. The number of nitrogens with zero attached hydrogens (tertiary/aromatic N) is 6. The summed E-state index contributed by atoms with van der Waals surface area (Å²) in [6.07, 6.45) is 7.36. The van der Waals surface area contributed by atoms with Gasteiger partial charge in [0, 0.05) is 76.6 Å². The molecule has 0 unspecified atom stereocenters. The molecule has 9 aromatic rings. The maximum Gasteiger partial charge on any atom is 0.101 e. The van der Waals surface area contributed by atoms with Gasteiger partial charge < -0.3 is 8.98 Å². The van der Waals surface area contributed by atoms with Crippen LogP contribution in [0.1, 0.15) is 95.3 Å². The first kappa shape index (κ1) is 57.4. The molecule has 0 saturated carbocycles. The van der Waals surface area contributed by atoms with Crippen LogP contribution in [0.3, 0.4) is 0 Å². The van der Waals surface area contributed by atoms with Gasteiger partial charge in [-0.1, -0.05) is 77.9 Å². The summed E-state index contributed by atoms with van der Waals surface area (Å²) in [5.74, 6) is 1.97. The molecule has 0 spiro atoms. The van der Waals surface area contributed by atoms with Gasteiger partial charge in [-0.15, -0.1) is 11.3 Å². The number of pyridine rings is 4. The molecular formula is C60H76N6OS. The average molecular weight is 929 g/mol. The van der Waals surface area contributed by atoms with E-state index in [2.05, 4.69) is 161 Å². The number of aryl methyl sites for hydroxylation is 16. The van der Waals surface area contributed by atoms with E-state index in [0.717, 1.165) is 51.5 Å². The number of hydrogen-bond donors (Lipinski definition) is 0. The predicted octanol–water partition coefficient (Wildman–Crippen LogP) is 15.9. The van der Waals surface area contributed by atoms with Crippen molar-refractivity contribution >= 4 is 11.3 Å². The van der Waals surface area contributed by atoms with Crippen LogP contribution in [-0.4, -0.2) is 29.5 Å². The van der Waals surface area contributed by atoms with Crippen LogP contribution in [0.4, 0.5) is 0 Å². The summed E-state index contributed by atoms with van der Waals surface area (Å²) in [5.41, 5.74) is 17.2. The normalized spacial score (nSPS) is 9.53. The standard InChI is InChI=1S/C13H15N.C8H10.4C7H9N.C6H8O.C5H7NS/c1-11-8-9-12(2)14(11)10-13-6-4-3-5-7-13;1-7-4-3-5-8(2)6-7;1-6-3-7(2)5-8-4-6;2*1-6-3-4-8-7(2)5-6;1-6-4-3-5-7(2)8-6;1-5-3-4-6(2)7-5;1-4-3-7-5(2)6-4/h3-9H,10H2,1-2H3;3-6H,1-2H3;4*3-5H,1-2H3;3-4H,1-2H3;3H,1-2H3. The molecule has 7 aromatic heterocycles. The van der Waals surface area contributed by atoms with Crippen LogP contribution in [0, 0.1) is 111 Å². The lowest BCUT2D eigenvalue weighted by Crippen LogP contribution is -2.02. The number of benzene rings is 2. The molecule has 9 rings (SSSR count). The lowest BCUT2D eigenvalue weighted by atomic mass is 10.2. The minimum atomic E-state index is 0.978. The van der Waals surface area contributed by atoms with Crippen molar-refractivity contribution in [2.75, 3.05) is 0 Å². The first-order chi connectivity index (χ1) is 32.3. The quantitative estimate of drug-likeness (QED) is 0.172. The number of aromatic nitrogens is 6. The second-order valence-corrected chi connectivity index (χ2v) is 18.0. The highest BCUT2D eigenvalue weighted by Crippen LogP contribution is 2.11. The first-order valence-corrected chi connectivity index (χ1v) is 23.9. The van der Waals surface area contributed by atoms with E-state index in [1.54, 1.807) is 11.3 Å². The van der Waals surface area contributed by atoms with Crippen molar-refractivity contribution < 1.29 is 4.42 Å². The third kappa shape index (κ3) is 27.0. The van der Waals surface area contributed by atoms with Crippen molar-refractivity contribution in [1.82, 2.24) is 29.5 Å². The minimum absolute atomic E-state index is 0.978. The fraction of sp³-hybridized carbons (Fsp3) is 0.283. The van der Waals surface area contributed by atoms with E-state index in [9.17, 15) is 0 Å². The Morgan fingerprint density at radius 1 is 0.412 bits per heavy atom. The fourth-order valence-electron chi connectivity index (χ4n) is 6.31. The van der Waals surface area contributed by atoms with Crippen molar-refractivity contribution in [3.8, 4) is 0 Å². The van der Waals surface area contributed by atoms with Crippen LogP contribution >= 0.6 is 11.3 Å². The monoisotopic (exact) mass is 929 g/mol. The lowest BCUT2D eigenvalue weighted by Gasteiger charge is -2.08. The van der Waals surface area contributed by atoms with Gasteiger partial charge in [0.2, 0.25) is 0 Å². The zero-order chi connectivity index (χ0) is 50.4. The zero-order valence-corrected chi connectivity index (χ0v) is 44.5. The lowest BCUT2D eigenvalue weighted by molar-refractivity contribution is 0.504. The van der Waals surface area contributed by atoms with Gasteiger partial charge in [-0.3, -0.25) is 19.9 Å². The van der Waals surface area contributed by atoms with Crippen molar-refractivity contribution in [1.29, 1.82) is 0 Å². The van der Waals surface area contributed by atoms with Gasteiger partial charge in [0.1, 0.15) is 11.5 Å². The first-order valence-electron chi connectivity index (χ1n) is 23.0. The van der Waals surface area contributed by atoms with E-state index in [4.69, 9.17) is 4.42 Å². The van der Waals surface area contributed by atoms with Crippen LogP contribution in [0.15, 0.2) is 162 Å². The number of hydrogen-bond acceptors (Lipinski definition) is 7. The van der Waals surface area contributed by atoms with E-state index >= 15 is 0 Å². The summed E-state index contributed by atoms with van der Waals surface area (Å²) in [5, 5.41) is 3.20. The summed E-state index contributed by atoms with van der Waals surface area (Å²) in [4.78, 5) is 20.4. The molecule has 0 saturated heterocycles. The average Bonchev–Trinajstić information content (AvgIpc) is 3.96. The van der Waals surface area contributed by atoms with Crippen LogP contribution in [0.25, 0.3) is 0 Å². The smallest absolute Gasteiger partial charge is 0.101 e. The Kier molecular flexibility index (Phi) is 27.0. The van der Waals surface area contributed by atoms with Gasteiger partial charge in [0.15, 0.2) is 0 Å². The summed E-state index contributed by atoms with van der Waals surface area (Å²) in [6.45, 7) is 33.6. The molecule has 68 heavy (non-hydrogen) atoms. The van der Waals surface area contributed by atoms with Crippen molar-refractivity contribution in [3.63, 3.8) is 0 Å². The van der Waals surface area contributed by atoms with Gasteiger partial charge in [-0.05, 0) is 199 Å². The van der Waals surface area contributed by atoms with E-state index in [1.807, 2.05) is 136 Å². The maximum atomic E-state index is 5.08. The number of rotatable bonds is 2. The Bertz CT molecular complexity index is 2320. The minimum Gasteiger partial charge on any atom is -0.467 e. The van der Waals surface area contributed by atoms with Crippen LogP contribution in [-0.2, 0) is 6.54 Å². The highest BCUT2D eigenvalue weighted by atomic mass is 32.1. The molecule has 7 heterocycles. The van der Waals surface area contributed by atoms with Gasteiger partial charge in [0.25, 0.3) is 0 Å². The SMILES string of the molecule is Cc1ccc(C)n1Cc1ccccc1.Cc1ccc(C)o1.Cc1cccc(C)c1.Cc1cccc(C)n1.Cc1ccnc(C)c1.Cc1ccnc(C)c1.Cc1cncc(C)c1.Cc1csc(C)n1. The molecule has 8 heteroatoms. The predicted molar refractivity (Wildman–Crippen MR) is 290 cm³/mol. The topological polar surface area (TPSA) is 82.5 Å². The molecule has 0 aliphatic heterocycles. The van der Waals surface area contributed by atoms with Crippen molar-refractivity contribution in [2.24, 2.45) is 0 Å². The highest BCUT2D eigenvalue weighted by Gasteiger charge is 2.01. The molecule has 2 aromatic carbocycles. The summed E-state index contributed by atoms with van der Waals surface area (Å²) in [6, 6.07) is 43.4. The third-order valence-corrected chi connectivity index (χ3v) is 10.4. The highest BCUT2D eigenvalue weighted by molar-refractivity contribution is 7.09. The Morgan fingerprint density at radius 3 is 1.15 bits per heavy atom. The zero-order valence-electron chi connectivity index (χ0n) is 43.7. The summed E-state index contributed by atoms with van der Waals surface area (Å²) in [7, 11) is 0. The number of thiazole rings is 1. The third-order valence-electron chi connectivity index (χ3n) is 9.53.